The van der Waals surface area contributed by atoms with Gasteiger partial charge in [0, 0.05) is 283 Å². The molecule has 0 aliphatic carbocycles. The summed E-state index contributed by atoms with van der Waals surface area (Å²) in [6.07, 6.45) is 2.10. The van der Waals surface area contributed by atoms with Gasteiger partial charge in [-0.05, 0) is 275 Å². The van der Waals surface area contributed by atoms with Gasteiger partial charge in [-0.25, -0.2) is 4.39 Å². The maximum absolute atomic E-state index is 13.3. The van der Waals surface area contributed by atoms with E-state index in [0.717, 1.165) is 70.3 Å². The van der Waals surface area contributed by atoms with Crippen molar-refractivity contribution in [3.05, 3.63) is 446 Å². The summed E-state index contributed by atoms with van der Waals surface area (Å²) in [6, 6.07) is 127. The molecular formula is C111H69Br9Cl5FS7+6. The first kappa shape index (κ1) is 95.3. The summed E-state index contributed by atoms with van der Waals surface area (Å²) in [5, 5.41) is 19.1. The Balaban J connectivity index is 0.000000103. The Labute approximate surface area is 890 Å². The highest BCUT2D eigenvalue weighted by atomic mass is 79.9. The van der Waals surface area contributed by atoms with Crippen LogP contribution in [0.15, 0.2) is 409 Å². The molecule has 0 spiro atoms. The number of thiophene rings is 6. The van der Waals surface area contributed by atoms with Crippen LogP contribution in [0.5, 0.6) is 0 Å². The Bertz CT molecular complexity index is 7310. The number of hydrogen-bond acceptors (Lipinski definition) is 1. The summed E-state index contributed by atoms with van der Waals surface area (Å²) in [6.45, 7) is 4.25. The van der Waals surface area contributed by atoms with E-state index in [9.17, 15) is 4.39 Å². The smallest absolute Gasteiger partial charge is 0.187 e. The Morgan fingerprint density at radius 2 is 0.346 bits per heavy atom. The lowest BCUT2D eigenvalue weighted by Gasteiger charge is -1.96. The summed E-state index contributed by atoms with van der Waals surface area (Å²) >= 11 is 65.0. The molecule has 0 unspecified atom stereocenters. The molecule has 0 N–H and O–H groups in total. The zero-order valence-corrected chi connectivity index (χ0v) is 93.9. The lowest BCUT2D eigenvalue weighted by Crippen LogP contribution is -1.73. The van der Waals surface area contributed by atoms with Gasteiger partial charge in [0.15, 0.2) is 85.8 Å². The number of benzene rings is 18. The highest BCUT2D eigenvalue weighted by molar-refractivity contribution is 9.12. The number of fused-ring (bicyclic) bond motifs is 18. The van der Waals surface area contributed by atoms with Crippen molar-refractivity contribution in [3.8, 4) is 29.4 Å². The van der Waals surface area contributed by atoms with E-state index >= 15 is 0 Å². The molecule has 0 amide bonds. The molecule has 0 aliphatic heterocycles. The van der Waals surface area contributed by atoms with E-state index in [1.807, 2.05) is 60.7 Å². The van der Waals surface area contributed by atoms with Crippen molar-refractivity contribution in [2.45, 2.75) is 18.7 Å². The van der Waals surface area contributed by atoms with Gasteiger partial charge in [-0.15, -0.1) is 11.8 Å². The van der Waals surface area contributed by atoms with Gasteiger partial charge in [0.05, 0.1) is 0 Å². The zero-order valence-electron chi connectivity index (χ0n) is 70.2. The Hall–Kier alpha value is -6.67. The summed E-state index contributed by atoms with van der Waals surface area (Å²) in [5.74, 6) is -0.196. The highest BCUT2D eigenvalue weighted by Crippen LogP contribution is 2.57. The summed E-state index contributed by atoms with van der Waals surface area (Å²) in [4.78, 5) is 9.12. The molecule has 24 aromatic rings. The minimum atomic E-state index is -0.196. The largest absolute Gasteiger partial charge is 0.207 e. The fraction of sp³-hybridized carbons (Fsp3) is 0.0270. The van der Waals surface area contributed by atoms with Gasteiger partial charge in [0.1, 0.15) is 5.82 Å². The quantitative estimate of drug-likeness (QED) is 0.113. The van der Waals surface area contributed by atoms with E-state index < -0.39 is 0 Å². The van der Waals surface area contributed by atoms with Crippen LogP contribution >= 0.6 is 276 Å². The van der Waals surface area contributed by atoms with Crippen molar-refractivity contribution in [1.29, 1.82) is 0 Å². The van der Waals surface area contributed by atoms with E-state index in [4.69, 9.17) is 58.0 Å². The number of aryl methyl sites for hydroxylation is 2. The van der Waals surface area contributed by atoms with E-state index in [2.05, 4.69) is 455 Å². The molecule has 6 aromatic heterocycles. The van der Waals surface area contributed by atoms with E-state index in [-0.39, 0.29) is 68.6 Å². The number of halogens is 15. The molecule has 654 valence electrons. The normalized spacial score (nSPS) is 11.4. The molecular weight excluding hydrogens is 2470 g/mol. The van der Waals surface area contributed by atoms with Crippen LogP contribution in [0.4, 0.5) is 4.39 Å². The maximum Gasteiger partial charge on any atom is 0.187 e. The first-order valence-corrected chi connectivity index (χ1v) is 59.0. The molecule has 133 heavy (non-hydrogen) atoms. The zero-order chi connectivity index (χ0) is 92.3. The Morgan fingerprint density at radius 3 is 0.556 bits per heavy atom. The predicted molar refractivity (Wildman–Crippen MR) is 627 cm³/mol. The van der Waals surface area contributed by atoms with Crippen LogP contribution in [0.2, 0.25) is 25.1 Å². The van der Waals surface area contributed by atoms with Crippen LogP contribution in [-0.2, 0) is 0 Å². The average molecular weight is 2540 g/mol. The maximum atomic E-state index is 13.3. The van der Waals surface area contributed by atoms with Crippen LogP contribution in [0.3, 0.4) is 0 Å². The lowest BCUT2D eigenvalue weighted by atomic mass is 10.1. The molecule has 0 radical (unpaired) electrons. The average Bonchev–Trinajstić information content (AvgIpc) is 1.63. The van der Waals surface area contributed by atoms with Crippen molar-refractivity contribution in [3.63, 3.8) is 0 Å². The van der Waals surface area contributed by atoms with Crippen molar-refractivity contribution >= 4 is 397 Å². The number of hydrogen-bond donors (Lipinski definition) is 0. The second kappa shape index (κ2) is 41.4. The van der Waals surface area contributed by atoms with E-state index in [1.54, 1.807) is 11.8 Å². The van der Waals surface area contributed by atoms with Crippen LogP contribution in [-0.4, -0.2) is 6.26 Å². The third kappa shape index (κ3) is 20.2. The van der Waals surface area contributed by atoms with Crippen molar-refractivity contribution in [1.82, 2.24) is 0 Å². The SMILES string of the molecule is Brc1ccc(-[s+]2c3ccc(Br)cc3c3cc(Br)ccc32)cc1.CSc1ccc(-[s+]2c3ccc(Cl)cc3c3cc(Cl)ccc32)cc1.Cc1ccc(-[s+]2c3ccc(Br)cc3c3cc(Br)ccc32)cc1.Cc1ccc(-[s+]2c3ccc(Cl)cc3c3cc(Cl)ccc32)cc1.Clc1ccc(-[s+]2c3ccc(Br)cc3c3cc(Br)ccc32)cc1.Fc1ccc(-[s+]2c3ccc(Br)cc3c3cc(Br)ccc32)cc1. The molecule has 22 heteroatoms. The monoisotopic (exact) mass is 2530 g/mol. The number of thioether (sulfide) groups is 1. The third-order valence-electron chi connectivity index (χ3n) is 22.6. The van der Waals surface area contributed by atoms with Crippen LogP contribution < -0.4 is 0 Å². The first-order valence-electron chi connectivity index (χ1n) is 41.4. The summed E-state index contributed by atoms with van der Waals surface area (Å²) in [5.41, 5.74) is 2.58. The molecule has 0 fully saturated rings. The minimum Gasteiger partial charge on any atom is -0.207 e. The van der Waals surface area contributed by atoms with Crippen LogP contribution in [0.1, 0.15) is 11.1 Å². The fourth-order valence-electron chi connectivity index (χ4n) is 16.7. The fourth-order valence-corrected chi connectivity index (χ4v) is 35.1. The van der Waals surface area contributed by atoms with Gasteiger partial charge >= 0.3 is 0 Å². The minimum absolute atomic E-state index is 0.00704. The molecule has 0 nitrogen and oxygen atoms in total. The van der Waals surface area contributed by atoms with Crippen molar-refractivity contribution in [2.24, 2.45) is 0 Å². The second-order valence-corrected chi connectivity index (χ2v) is 54.3. The molecule has 24 rings (SSSR count). The van der Waals surface area contributed by atoms with Gasteiger partial charge in [0.25, 0.3) is 0 Å². The molecule has 0 atom stereocenters. The summed E-state index contributed by atoms with van der Waals surface area (Å²) < 4.78 is 39.5. The van der Waals surface area contributed by atoms with Crippen LogP contribution in [0.25, 0.3) is 150 Å². The lowest BCUT2D eigenvalue weighted by molar-refractivity contribution is 0.628. The van der Waals surface area contributed by atoms with Crippen molar-refractivity contribution in [2.75, 3.05) is 6.26 Å². The predicted octanol–water partition coefficient (Wildman–Crippen LogP) is 46.0. The Morgan fingerprint density at radius 1 is 0.188 bits per heavy atom. The first-order chi connectivity index (χ1) is 64.3. The van der Waals surface area contributed by atoms with Gasteiger partial charge in [-0.2, -0.15) is 0 Å². The van der Waals surface area contributed by atoms with Gasteiger partial charge in [0.2, 0.25) is 0 Å². The third-order valence-corrected chi connectivity index (χ3v) is 43.1. The number of rotatable bonds is 7. The van der Waals surface area contributed by atoms with Crippen LogP contribution in [0, 0.1) is 19.7 Å². The second-order valence-electron chi connectivity index (χ2n) is 31.2. The molecule has 6 heterocycles. The molecule has 18 aromatic carbocycles. The Kier molecular flexibility index (Phi) is 29.7. The van der Waals surface area contributed by atoms with Crippen molar-refractivity contribution < 1.29 is 4.39 Å². The molecule has 0 bridgehead atoms. The van der Waals surface area contributed by atoms with Gasteiger partial charge in [-0.3, -0.25) is 0 Å². The van der Waals surface area contributed by atoms with E-state index in [1.165, 1.54) is 174 Å². The highest BCUT2D eigenvalue weighted by Gasteiger charge is 2.32. The summed E-state index contributed by atoms with van der Waals surface area (Å²) in [7, 11) is -0.451. The topological polar surface area (TPSA) is 0 Å². The molecule has 0 saturated carbocycles. The van der Waals surface area contributed by atoms with E-state index in [0.29, 0.717) is 0 Å². The molecule has 0 aliphatic rings. The van der Waals surface area contributed by atoms with Gasteiger partial charge in [-0.1, -0.05) is 237 Å². The van der Waals surface area contributed by atoms with Gasteiger partial charge < -0.3 is 0 Å². The molecule has 0 saturated heterocycles. The standard InChI is InChI=1S/C19H13Br2S.C19H13Cl2S2.C19H13Cl2S.C18H10Br3S.C18H10Br2ClS.C18H10Br2FS/c1-12-2-6-15(7-3-12)22-18-8-4-13(20)10-16(18)17-11-14(21)5-9-19(17)22;1-22-14-4-6-15(7-5-14)23-18-8-2-12(20)10-16(18)17-11-13(21)3-9-19(17)23;1-12-2-6-15(7-3-12)22-18-8-4-13(20)10-16(18)17-11-14(21)5-9-19(17)22;19-11-1-5-14(6-2-11)22-17-7-3-12(20)9-15(17)16-10-13(21)4-8-18(16)22;2*19-11-1-7-17-15(9-11)16-10-12(20)2-8-18(16)22(17)14-5-3-13(21)4-6-14/h2-11H,1H3;2-11H,1H3;2-11H,1H3;3*1-10H/q6*+1.